The summed E-state index contributed by atoms with van der Waals surface area (Å²) in [5.74, 6) is -0.660. The molecule has 17 heavy (non-hydrogen) atoms. The predicted molar refractivity (Wildman–Crippen MR) is 62.8 cm³/mol. The van der Waals surface area contributed by atoms with Gasteiger partial charge < -0.3 is 9.73 Å². The van der Waals surface area contributed by atoms with Gasteiger partial charge >= 0.3 is 0 Å². The molecule has 5 heteroatoms. The maximum Gasteiger partial charge on any atom is 0.291 e. The second-order valence-electron chi connectivity index (χ2n) is 3.52. The van der Waals surface area contributed by atoms with Crippen molar-refractivity contribution in [3.05, 3.63) is 52.7 Å². The van der Waals surface area contributed by atoms with Crippen LogP contribution in [0, 0.1) is 12.7 Å². The molecule has 0 aliphatic heterocycles. The van der Waals surface area contributed by atoms with Gasteiger partial charge in [0, 0.05) is 5.69 Å². The lowest BCUT2D eigenvalue weighted by Gasteiger charge is -2.06. The first kappa shape index (κ1) is 11.7. The van der Waals surface area contributed by atoms with Crippen LogP contribution in [0.1, 0.15) is 16.1 Å². The summed E-state index contributed by atoms with van der Waals surface area (Å²) in [6.07, 6.45) is 0. The van der Waals surface area contributed by atoms with Gasteiger partial charge in [-0.25, -0.2) is 4.39 Å². The lowest BCUT2D eigenvalue weighted by molar-refractivity contribution is 0.0996. The van der Waals surface area contributed by atoms with Gasteiger partial charge in [-0.2, -0.15) is 0 Å². The smallest absolute Gasteiger partial charge is 0.291 e. The molecule has 1 N–H and O–H groups in total. The number of halogens is 2. The van der Waals surface area contributed by atoms with E-state index in [1.54, 1.807) is 6.92 Å². The quantitative estimate of drug-likeness (QED) is 0.888. The molecule has 1 amide bonds. The van der Waals surface area contributed by atoms with E-state index in [2.05, 4.69) is 5.32 Å². The minimum atomic E-state index is -0.424. The molecular weight excluding hydrogens is 245 g/mol. The van der Waals surface area contributed by atoms with E-state index in [-0.39, 0.29) is 16.8 Å². The first-order valence-corrected chi connectivity index (χ1v) is 5.27. The normalized spacial score (nSPS) is 10.3. The first-order chi connectivity index (χ1) is 8.06. The number of benzene rings is 1. The van der Waals surface area contributed by atoms with Crippen LogP contribution in [0.3, 0.4) is 0 Å². The Balaban J connectivity index is 2.18. The fourth-order valence-corrected chi connectivity index (χ4v) is 1.53. The number of nitrogens with one attached hydrogen (secondary N) is 1. The maximum absolute atomic E-state index is 12.9. The Morgan fingerprint density at radius 1 is 1.35 bits per heavy atom. The molecule has 0 spiro atoms. The molecular formula is C12H9ClFNO2. The van der Waals surface area contributed by atoms with E-state index in [1.807, 2.05) is 0 Å². The molecule has 88 valence electrons. The molecule has 2 rings (SSSR count). The van der Waals surface area contributed by atoms with Crippen LogP contribution in [0.25, 0.3) is 0 Å². The van der Waals surface area contributed by atoms with Crippen molar-refractivity contribution in [1.29, 1.82) is 0 Å². The number of carbonyl (C=O) groups is 1. The second kappa shape index (κ2) is 4.59. The molecule has 0 bridgehead atoms. The summed E-state index contributed by atoms with van der Waals surface area (Å²) < 4.78 is 17.8. The molecule has 3 nitrogen and oxygen atoms in total. The number of hydrogen-bond donors (Lipinski definition) is 1. The van der Waals surface area contributed by atoms with Gasteiger partial charge in [0.05, 0.1) is 0 Å². The predicted octanol–water partition coefficient (Wildman–Crippen LogP) is 3.63. The van der Waals surface area contributed by atoms with Crippen LogP contribution in [-0.4, -0.2) is 5.91 Å². The maximum atomic E-state index is 12.9. The van der Waals surface area contributed by atoms with Crippen LogP contribution in [-0.2, 0) is 0 Å². The monoisotopic (exact) mass is 253 g/mol. The minimum absolute atomic E-state index is 0.110. The van der Waals surface area contributed by atoms with Crippen LogP contribution in [0.15, 0.2) is 34.7 Å². The lowest BCUT2D eigenvalue weighted by Crippen LogP contribution is -2.11. The second-order valence-corrected chi connectivity index (χ2v) is 3.89. The molecule has 0 saturated heterocycles. The Morgan fingerprint density at radius 2 is 2.12 bits per heavy atom. The Labute approximate surface area is 102 Å². The lowest BCUT2D eigenvalue weighted by atomic mass is 10.2. The van der Waals surface area contributed by atoms with E-state index < -0.39 is 5.91 Å². The number of furan rings is 1. The van der Waals surface area contributed by atoms with Gasteiger partial charge in [0.25, 0.3) is 5.91 Å². The van der Waals surface area contributed by atoms with Crippen molar-refractivity contribution in [3.63, 3.8) is 0 Å². The summed E-state index contributed by atoms with van der Waals surface area (Å²) >= 11 is 5.56. The standard InChI is InChI=1S/C12H9ClFNO2/c1-7-6-8(14)2-3-9(7)15-12(16)10-4-5-11(13)17-10/h2-6H,1H3,(H,15,16). The van der Waals surface area contributed by atoms with Crippen LogP contribution in [0.4, 0.5) is 10.1 Å². The summed E-state index contributed by atoms with van der Waals surface area (Å²) in [6.45, 7) is 1.70. The van der Waals surface area contributed by atoms with E-state index in [4.69, 9.17) is 16.0 Å². The highest BCUT2D eigenvalue weighted by Crippen LogP contribution is 2.18. The van der Waals surface area contributed by atoms with Crippen molar-refractivity contribution >= 4 is 23.2 Å². The van der Waals surface area contributed by atoms with Gasteiger partial charge in [-0.05, 0) is 54.4 Å². The Hall–Kier alpha value is -1.81. The van der Waals surface area contributed by atoms with Crippen molar-refractivity contribution in [2.24, 2.45) is 0 Å². The Bertz CT molecular complexity index is 565. The summed E-state index contributed by atoms with van der Waals surface area (Å²) in [5.41, 5.74) is 1.17. The molecule has 0 aliphatic carbocycles. The number of amides is 1. The van der Waals surface area contributed by atoms with Gasteiger partial charge in [-0.1, -0.05) is 0 Å². The topological polar surface area (TPSA) is 42.2 Å². The zero-order valence-electron chi connectivity index (χ0n) is 8.96. The minimum Gasteiger partial charge on any atom is -0.440 e. The number of hydrogen-bond acceptors (Lipinski definition) is 2. The fraction of sp³-hybridized carbons (Fsp3) is 0.0833. The summed E-state index contributed by atoms with van der Waals surface area (Å²) in [7, 11) is 0. The van der Waals surface area contributed by atoms with Gasteiger partial charge in [-0.15, -0.1) is 0 Å². The molecule has 0 saturated carbocycles. The Kier molecular flexibility index (Phi) is 3.15. The highest BCUT2D eigenvalue weighted by molar-refractivity contribution is 6.29. The molecule has 1 heterocycles. The third kappa shape index (κ3) is 2.65. The summed E-state index contributed by atoms with van der Waals surface area (Å²) in [6, 6.07) is 7.06. The molecule has 0 atom stereocenters. The van der Waals surface area contributed by atoms with Crippen molar-refractivity contribution < 1.29 is 13.6 Å². The largest absolute Gasteiger partial charge is 0.440 e. The number of rotatable bonds is 2. The van der Waals surface area contributed by atoms with Crippen LogP contribution < -0.4 is 5.32 Å². The van der Waals surface area contributed by atoms with E-state index in [0.717, 1.165) is 0 Å². The zero-order valence-corrected chi connectivity index (χ0v) is 9.72. The van der Waals surface area contributed by atoms with Crippen molar-refractivity contribution in [1.82, 2.24) is 0 Å². The molecule has 0 unspecified atom stereocenters. The highest BCUT2D eigenvalue weighted by Gasteiger charge is 2.11. The molecule has 1 aromatic heterocycles. The van der Waals surface area contributed by atoms with Crippen LogP contribution in [0.2, 0.25) is 5.22 Å². The van der Waals surface area contributed by atoms with Gasteiger partial charge in [0.1, 0.15) is 5.82 Å². The van der Waals surface area contributed by atoms with Crippen LogP contribution in [0.5, 0.6) is 0 Å². The summed E-state index contributed by atoms with van der Waals surface area (Å²) in [5, 5.41) is 2.75. The van der Waals surface area contributed by atoms with E-state index in [0.29, 0.717) is 11.3 Å². The zero-order chi connectivity index (χ0) is 12.4. The average Bonchev–Trinajstić information content (AvgIpc) is 2.69. The Morgan fingerprint density at radius 3 is 2.71 bits per heavy atom. The van der Waals surface area contributed by atoms with Gasteiger partial charge in [-0.3, -0.25) is 4.79 Å². The van der Waals surface area contributed by atoms with E-state index in [1.165, 1.54) is 30.3 Å². The number of carbonyl (C=O) groups excluding carboxylic acids is 1. The van der Waals surface area contributed by atoms with Crippen LogP contribution >= 0.6 is 11.6 Å². The number of aryl methyl sites for hydroxylation is 1. The highest BCUT2D eigenvalue weighted by atomic mass is 35.5. The summed E-state index contributed by atoms with van der Waals surface area (Å²) in [4.78, 5) is 11.7. The van der Waals surface area contributed by atoms with E-state index >= 15 is 0 Å². The third-order valence-corrected chi connectivity index (χ3v) is 2.44. The van der Waals surface area contributed by atoms with Gasteiger partial charge in [0.15, 0.2) is 11.0 Å². The van der Waals surface area contributed by atoms with Crippen molar-refractivity contribution in [2.75, 3.05) is 5.32 Å². The SMILES string of the molecule is Cc1cc(F)ccc1NC(=O)c1ccc(Cl)o1. The van der Waals surface area contributed by atoms with E-state index in [9.17, 15) is 9.18 Å². The molecule has 0 fully saturated rings. The average molecular weight is 254 g/mol. The van der Waals surface area contributed by atoms with Crippen molar-refractivity contribution in [3.8, 4) is 0 Å². The molecule has 0 aliphatic rings. The first-order valence-electron chi connectivity index (χ1n) is 4.89. The molecule has 2 aromatic rings. The number of anilines is 1. The van der Waals surface area contributed by atoms with Crippen molar-refractivity contribution in [2.45, 2.75) is 6.92 Å². The third-order valence-electron chi connectivity index (χ3n) is 2.23. The molecule has 1 aromatic carbocycles. The van der Waals surface area contributed by atoms with Gasteiger partial charge in [0.2, 0.25) is 0 Å². The molecule has 0 radical (unpaired) electrons. The fourth-order valence-electron chi connectivity index (χ4n) is 1.39.